The van der Waals surface area contributed by atoms with E-state index in [0.29, 0.717) is 11.4 Å². The van der Waals surface area contributed by atoms with Crippen molar-refractivity contribution in [2.45, 2.75) is 6.92 Å². The summed E-state index contributed by atoms with van der Waals surface area (Å²) in [7, 11) is 0. The van der Waals surface area contributed by atoms with Crippen molar-refractivity contribution in [2.75, 3.05) is 11.5 Å². The van der Waals surface area contributed by atoms with Crippen LogP contribution in [0.1, 0.15) is 17.4 Å². The lowest BCUT2D eigenvalue weighted by molar-refractivity contribution is 0.108. The van der Waals surface area contributed by atoms with E-state index in [9.17, 15) is 4.79 Å². The van der Waals surface area contributed by atoms with E-state index in [-0.39, 0.29) is 5.12 Å². The quantitative estimate of drug-likeness (QED) is 0.693. The molecule has 0 fully saturated rings. The molecular weight excluding hydrogens is 162 g/mol. The van der Waals surface area contributed by atoms with Gasteiger partial charge in [-0.3, -0.25) is 9.89 Å². The number of carbonyl (C=O) groups is 1. The number of aromatic amines is 1. The summed E-state index contributed by atoms with van der Waals surface area (Å²) in [5.74, 6) is 0.747. The summed E-state index contributed by atoms with van der Waals surface area (Å²) in [6.07, 6.45) is 1.43. The van der Waals surface area contributed by atoms with Crippen LogP contribution in [0.5, 0.6) is 0 Å². The van der Waals surface area contributed by atoms with E-state index in [1.807, 2.05) is 6.92 Å². The maximum atomic E-state index is 11.1. The second kappa shape index (κ2) is 3.43. The number of nitrogen functional groups attached to an aromatic ring is 1. The number of hydrogen-bond donors (Lipinski definition) is 2. The molecule has 0 aliphatic carbocycles. The Kier molecular flexibility index (Phi) is 2.53. The van der Waals surface area contributed by atoms with Gasteiger partial charge in [0.15, 0.2) is 0 Å². The lowest BCUT2D eigenvalue weighted by Crippen LogP contribution is -1.98. The predicted molar refractivity (Wildman–Crippen MR) is 45.5 cm³/mol. The zero-order valence-electron chi connectivity index (χ0n) is 6.13. The first-order valence-electron chi connectivity index (χ1n) is 3.21. The van der Waals surface area contributed by atoms with Crippen LogP contribution in [-0.4, -0.2) is 21.1 Å². The first-order chi connectivity index (χ1) is 5.25. The normalized spacial score (nSPS) is 9.91. The van der Waals surface area contributed by atoms with E-state index in [4.69, 9.17) is 5.73 Å². The zero-order chi connectivity index (χ0) is 8.27. The zero-order valence-corrected chi connectivity index (χ0v) is 6.94. The van der Waals surface area contributed by atoms with Gasteiger partial charge < -0.3 is 5.73 Å². The summed E-state index contributed by atoms with van der Waals surface area (Å²) in [4.78, 5) is 11.1. The average molecular weight is 171 g/mol. The Balaban J connectivity index is 2.76. The number of carbonyl (C=O) groups excluding carboxylic acids is 1. The molecule has 0 saturated carbocycles. The standard InChI is InChI=1S/C6H9N3OS/c1-2-11-6(10)5-4(7)3-8-9-5/h3H,2,7H2,1H3,(H,8,9). The third-order valence-electron chi connectivity index (χ3n) is 1.15. The van der Waals surface area contributed by atoms with E-state index in [1.54, 1.807) is 0 Å². The van der Waals surface area contributed by atoms with Crippen LogP contribution < -0.4 is 5.73 Å². The van der Waals surface area contributed by atoms with E-state index in [1.165, 1.54) is 18.0 Å². The Labute approximate surface area is 68.5 Å². The lowest BCUT2D eigenvalue weighted by atomic mass is 10.4. The van der Waals surface area contributed by atoms with Crippen molar-refractivity contribution in [2.24, 2.45) is 0 Å². The lowest BCUT2D eigenvalue weighted by Gasteiger charge is -1.93. The molecule has 1 aromatic heterocycles. The smallest absolute Gasteiger partial charge is 0.239 e. The van der Waals surface area contributed by atoms with Crippen molar-refractivity contribution in [3.8, 4) is 0 Å². The maximum absolute atomic E-state index is 11.1. The minimum Gasteiger partial charge on any atom is -0.396 e. The Morgan fingerprint density at radius 2 is 2.64 bits per heavy atom. The minimum absolute atomic E-state index is 0.0532. The molecule has 11 heavy (non-hydrogen) atoms. The predicted octanol–water partition coefficient (Wildman–Crippen LogP) is 0.885. The molecule has 0 aliphatic heterocycles. The van der Waals surface area contributed by atoms with Crippen LogP contribution in [-0.2, 0) is 0 Å². The minimum atomic E-state index is -0.0532. The maximum Gasteiger partial charge on any atom is 0.239 e. The third-order valence-corrected chi connectivity index (χ3v) is 1.90. The summed E-state index contributed by atoms with van der Waals surface area (Å²) in [6.45, 7) is 1.91. The highest BCUT2D eigenvalue weighted by Gasteiger charge is 2.10. The fourth-order valence-electron chi connectivity index (χ4n) is 0.662. The van der Waals surface area contributed by atoms with Crippen molar-refractivity contribution in [3.05, 3.63) is 11.9 Å². The molecular formula is C6H9N3OS. The Bertz CT molecular complexity index is 258. The number of nitrogens with one attached hydrogen (secondary N) is 1. The highest BCUT2D eigenvalue weighted by atomic mass is 32.2. The number of nitrogens with zero attached hydrogens (tertiary/aromatic N) is 1. The number of rotatable bonds is 2. The van der Waals surface area contributed by atoms with Gasteiger partial charge in [-0.15, -0.1) is 0 Å². The van der Waals surface area contributed by atoms with Crippen LogP contribution in [0, 0.1) is 0 Å². The Morgan fingerprint density at radius 1 is 1.91 bits per heavy atom. The molecule has 1 rings (SSSR count). The molecule has 0 amide bonds. The van der Waals surface area contributed by atoms with Crippen LogP contribution in [0.3, 0.4) is 0 Å². The second-order valence-electron chi connectivity index (χ2n) is 1.92. The van der Waals surface area contributed by atoms with Gasteiger partial charge in [-0.05, 0) is 5.75 Å². The van der Waals surface area contributed by atoms with E-state index in [0.717, 1.165) is 5.75 Å². The van der Waals surface area contributed by atoms with Crippen molar-refractivity contribution >= 4 is 22.6 Å². The fraction of sp³-hybridized carbons (Fsp3) is 0.333. The molecule has 0 spiro atoms. The molecule has 0 atom stereocenters. The van der Waals surface area contributed by atoms with Gasteiger partial charge >= 0.3 is 0 Å². The molecule has 0 aromatic carbocycles. The molecule has 1 aromatic rings. The van der Waals surface area contributed by atoms with Crippen molar-refractivity contribution < 1.29 is 4.79 Å². The van der Waals surface area contributed by atoms with Gasteiger partial charge in [0.05, 0.1) is 11.9 Å². The molecule has 0 unspecified atom stereocenters. The summed E-state index contributed by atoms with van der Waals surface area (Å²) >= 11 is 1.21. The summed E-state index contributed by atoms with van der Waals surface area (Å²) in [6, 6.07) is 0. The van der Waals surface area contributed by atoms with E-state index >= 15 is 0 Å². The fourth-order valence-corrected chi connectivity index (χ4v) is 1.23. The topological polar surface area (TPSA) is 71.8 Å². The number of thioether (sulfide) groups is 1. The third kappa shape index (κ3) is 1.74. The van der Waals surface area contributed by atoms with Crippen LogP contribution in [0.25, 0.3) is 0 Å². The largest absolute Gasteiger partial charge is 0.396 e. The van der Waals surface area contributed by atoms with Crippen molar-refractivity contribution in [1.29, 1.82) is 0 Å². The molecule has 4 nitrogen and oxygen atoms in total. The van der Waals surface area contributed by atoms with Crippen LogP contribution in [0.15, 0.2) is 6.20 Å². The van der Waals surface area contributed by atoms with Crippen molar-refractivity contribution in [1.82, 2.24) is 10.2 Å². The van der Waals surface area contributed by atoms with Gasteiger partial charge in [0.2, 0.25) is 5.12 Å². The Hall–Kier alpha value is -0.970. The van der Waals surface area contributed by atoms with Gasteiger partial charge in [-0.25, -0.2) is 0 Å². The first-order valence-corrected chi connectivity index (χ1v) is 4.20. The second-order valence-corrected chi connectivity index (χ2v) is 3.16. The number of aromatic nitrogens is 2. The van der Waals surface area contributed by atoms with E-state index in [2.05, 4.69) is 10.2 Å². The van der Waals surface area contributed by atoms with Crippen molar-refractivity contribution in [3.63, 3.8) is 0 Å². The first kappa shape index (κ1) is 8.13. The number of hydrogen-bond acceptors (Lipinski definition) is 4. The number of anilines is 1. The molecule has 3 N–H and O–H groups in total. The molecule has 0 saturated heterocycles. The Morgan fingerprint density at radius 3 is 3.09 bits per heavy atom. The molecule has 5 heteroatoms. The molecule has 60 valence electrons. The van der Waals surface area contributed by atoms with Gasteiger partial charge in [0, 0.05) is 0 Å². The summed E-state index contributed by atoms with van der Waals surface area (Å²) in [5.41, 5.74) is 6.26. The number of H-pyrrole nitrogens is 1. The van der Waals surface area contributed by atoms with Crippen LogP contribution in [0.2, 0.25) is 0 Å². The highest BCUT2D eigenvalue weighted by molar-refractivity contribution is 8.14. The molecule has 0 radical (unpaired) electrons. The monoisotopic (exact) mass is 171 g/mol. The summed E-state index contributed by atoms with van der Waals surface area (Å²) in [5, 5.41) is 6.13. The van der Waals surface area contributed by atoms with Crippen LogP contribution in [0.4, 0.5) is 5.69 Å². The van der Waals surface area contributed by atoms with Gasteiger partial charge in [0.1, 0.15) is 5.69 Å². The highest BCUT2D eigenvalue weighted by Crippen LogP contribution is 2.14. The summed E-state index contributed by atoms with van der Waals surface area (Å²) < 4.78 is 0. The van der Waals surface area contributed by atoms with E-state index < -0.39 is 0 Å². The van der Waals surface area contributed by atoms with Gasteiger partial charge in [0.25, 0.3) is 0 Å². The molecule has 0 bridgehead atoms. The van der Waals surface area contributed by atoms with Gasteiger partial charge in [-0.1, -0.05) is 18.7 Å². The van der Waals surface area contributed by atoms with Gasteiger partial charge in [-0.2, -0.15) is 5.10 Å². The molecule has 0 aliphatic rings. The molecule has 1 heterocycles. The number of nitrogens with two attached hydrogens (primary N) is 1. The van der Waals surface area contributed by atoms with Crippen LogP contribution >= 0.6 is 11.8 Å². The SMILES string of the molecule is CCSC(=O)c1[nH]ncc1N. The average Bonchev–Trinajstić information content (AvgIpc) is 2.36.